The fourth-order valence-electron chi connectivity index (χ4n) is 1.26. The molecule has 0 heterocycles. The van der Waals surface area contributed by atoms with Gasteiger partial charge in [-0.2, -0.15) is 5.48 Å². The van der Waals surface area contributed by atoms with Crippen LogP contribution in [0.3, 0.4) is 0 Å². The van der Waals surface area contributed by atoms with Crippen LogP contribution in [-0.4, -0.2) is 21.8 Å². The van der Waals surface area contributed by atoms with Crippen molar-refractivity contribution in [3.8, 4) is 0 Å². The number of rotatable bonds is 4. The lowest BCUT2D eigenvalue weighted by Gasteiger charge is -2.12. The van der Waals surface area contributed by atoms with Gasteiger partial charge in [0.15, 0.2) is 9.84 Å². The van der Waals surface area contributed by atoms with Gasteiger partial charge in [0.25, 0.3) is 0 Å². The molecule has 0 aliphatic heterocycles. The van der Waals surface area contributed by atoms with Crippen LogP contribution in [0.2, 0.25) is 0 Å². The summed E-state index contributed by atoms with van der Waals surface area (Å²) in [5.74, 6) is 0. The van der Waals surface area contributed by atoms with E-state index in [1.54, 1.807) is 18.2 Å². The van der Waals surface area contributed by atoms with Crippen LogP contribution in [0.5, 0.6) is 0 Å². The molecule has 1 rings (SSSR count). The number of hydroxylamine groups is 1. The van der Waals surface area contributed by atoms with E-state index >= 15 is 0 Å². The zero-order chi connectivity index (χ0) is 11.5. The third kappa shape index (κ3) is 3.30. The first-order valence-electron chi connectivity index (χ1n) is 4.53. The Bertz CT molecular complexity index is 428. The maximum absolute atomic E-state index is 11.3. The normalized spacial score (nSPS) is 13.8. The molecule has 0 saturated heterocycles. The number of hydrogen-bond donors (Lipinski definition) is 1. The summed E-state index contributed by atoms with van der Waals surface area (Å²) in [7, 11) is -1.62. The molecule has 4 nitrogen and oxygen atoms in total. The topological polar surface area (TPSA) is 55.4 Å². The Hall–Kier alpha value is -0.910. The standard InChI is InChI=1S/C10H15NO3S/c1-8(11-14-2)9-5-4-6-10(7-9)15(3,12)13/h4-8,11H,1-3H3. The van der Waals surface area contributed by atoms with Crippen molar-refractivity contribution in [1.82, 2.24) is 5.48 Å². The van der Waals surface area contributed by atoms with Crippen molar-refractivity contribution in [3.63, 3.8) is 0 Å². The monoisotopic (exact) mass is 229 g/mol. The van der Waals surface area contributed by atoms with Crippen LogP contribution in [0, 0.1) is 0 Å². The molecular formula is C10H15NO3S. The number of sulfone groups is 1. The van der Waals surface area contributed by atoms with Gasteiger partial charge in [0.2, 0.25) is 0 Å². The van der Waals surface area contributed by atoms with E-state index in [2.05, 4.69) is 5.48 Å². The van der Waals surface area contributed by atoms with Gasteiger partial charge in [-0.05, 0) is 24.6 Å². The van der Waals surface area contributed by atoms with Gasteiger partial charge in [0.05, 0.1) is 18.0 Å². The van der Waals surface area contributed by atoms with Crippen LogP contribution in [-0.2, 0) is 14.7 Å². The fourth-order valence-corrected chi connectivity index (χ4v) is 1.94. The van der Waals surface area contributed by atoms with Crippen molar-refractivity contribution in [2.75, 3.05) is 13.4 Å². The Kier molecular flexibility index (Phi) is 3.84. The fraction of sp³-hybridized carbons (Fsp3) is 0.400. The third-order valence-electron chi connectivity index (χ3n) is 2.08. The molecule has 0 spiro atoms. The largest absolute Gasteiger partial charge is 0.305 e. The smallest absolute Gasteiger partial charge is 0.175 e. The highest BCUT2D eigenvalue weighted by molar-refractivity contribution is 7.90. The van der Waals surface area contributed by atoms with Crippen molar-refractivity contribution in [2.24, 2.45) is 0 Å². The van der Waals surface area contributed by atoms with E-state index in [1.807, 2.05) is 13.0 Å². The first kappa shape index (κ1) is 12.2. The highest BCUT2D eigenvalue weighted by atomic mass is 32.2. The molecule has 15 heavy (non-hydrogen) atoms. The second-order valence-corrected chi connectivity index (χ2v) is 5.40. The Balaban J connectivity index is 3.03. The van der Waals surface area contributed by atoms with Crippen LogP contribution in [0.4, 0.5) is 0 Å². The minimum atomic E-state index is -3.14. The Morgan fingerprint density at radius 1 is 1.40 bits per heavy atom. The molecule has 1 aromatic rings. The lowest BCUT2D eigenvalue weighted by atomic mass is 10.1. The van der Waals surface area contributed by atoms with Crippen molar-refractivity contribution in [3.05, 3.63) is 29.8 Å². The first-order valence-corrected chi connectivity index (χ1v) is 6.43. The van der Waals surface area contributed by atoms with Gasteiger partial charge in [0, 0.05) is 6.26 Å². The van der Waals surface area contributed by atoms with E-state index in [-0.39, 0.29) is 6.04 Å². The first-order chi connectivity index (χ1) is 6.95. The van der Waals surface area contributed by atoms with Crippen molar-refractivity contribution in [2.45, 2.75) is 17.9 Å². The average molecular weight is 229 g/mol. The average Bonchev–Trinajstić information content (AvgIpc) is 2.17. The molecule has 0 radical (unpaired) electrons. The molecule has 0 bridgehead atoms. The zero-order valence-corrected chi connectivity index (χ0v) is 9.84. The molecule has 5 heteroatoms. The van der Waals surface area contributed by atoms with Crippen LogP contribution in [0.25, 0.3) is 0 Å². The molecule has 0 amide bonds. The van der Waals surface area contributed by atoms with E-state index < -0.39 is 9.84 Å². The predicted molar refractivity (Wildman–Crippen MR) is 58.1 cm³/mol. The maximum Gasteiger partial charge on any atom is 0.175 e. The number of nitrogens with one attached hydrogen (secondary N) is 1. The highest BCUT2D eigenvalue weighted by Gasteiger charge is 2.10. The van der Waals surface area contributed by atoms with Crippen molar-refractivity contribution in [1.29, 1.82) is 0 Å². The molecule has 1 N–H and O–H groups in total. The van der Waals surface area contributed by atoms with Crippen LogP contribution in [0.1, 0.15) is 18.5 Å². The summed E-state index contributed by atoms with van der Waals surface area (Å²) in [6.45, 7) is 1.89. The molecular weight excluding hydrogens is 214 g/mol. The minimum absolute atomic E-state index is 0.0447. The third-order valence-corrected chi connectivity index (χ3v) is 3.19. The number of hydrogen-bond acceptors (Lipinski definition) is 4. The molecule has 0 saturated carbocycles. The summed E-state index contributed by atoms with van der Waals surface area (Å²) in [5, 5.41) is 0. The van der Waals surface area contributed by atoms with Gasteiger partial charge in [-0.25, -0.2) is 8.42 Å². The van der Waals surface area contributed by atoms with Crippen LogP contribution >= 0.6 is 0 Å². The van der Waals surface area contributed by atoms with E-state index in [0.717, 1.165) is 5.56 Å². The maximum atomic E-state index is 11.3. The van der Waals surface area contributed by atoms with Crippen molar-refractivity contribution >= 4 is 9.84 Å². The van der Waals surface area contributed by atoms with Crippen LogP contribution < -0.4 is 5.48 Å². The Labute approximate surface area is 90.1 Å². The van der Waals surface area contributed by atoms with Gasteiger partial charge in [-0.1, -0.05) is 12.1 Å². The van der Waals surface area contributed by atoms with Gasteiger partial charge >= 0.3 is 0 Å². The molecule has 1 atom stereocenters. The predicted octanol–water partition coefficient (Wildman–Crippen LogP) is 1.30. The molecule has 0 aliphatic carbocycles. The lowest BCUT2D eigenvalue weighted by Crippen LogP contribution is -2.17. The number of benzene rings is 1. The second kappa shape index (κ2) is 4.74. The van der Waals surface area contributed by atoms with Gasteiger partial charge in [0.1, 0.15) is 0 Å². The van der Waals surface area contributed by atoms with E-state index in [9.17, 15) is 8.42 Å². The summed E-state index contributed by atoms with van der Waals surface area (Å²) >= 11 is 0. The highest BCUT2D eigenvalue weighted by Crippen LogP contribution is 2.17. The van der Waals surface area contributed by atoms with E-state index in [0.29, 0.717) is 4.90 Å². The minimum Gasteiger partial charge on any atom is -0.305 e. The van der Waals surface area contributed by atoms with Gasteiger partial charge in [-0.15, -0.1) is 0 Å². The summed E-state index contributed by atoms with van der Waals surface area (Å²) in [6.07, 6.45) is 1.19. The molecule has 0 aliphatic rings. The Morgan fingerprint density at radius 3 is 2.60 bits per heavy atom. The quantitative estimate of drug-likeness (QED) is 0.791. The second-order valence-electron chi connectivity index (χ2n) is 3.39. The summed E-state index contributed by atoms with van der Waals surface area (Å²) in [5.41, 5.74) is 3.62. The lowest BCUT2D eigenvalue weighted by molar-refractivity contribution is 0.0658. The summed E-state index contributed by atoms with van der Waals surface area (Å²) in [4.78, 5) is 5.11. The van der Waals surface area contributed by atoms with Crippen molar-refractivity contribution < 1.29 is 13.3 Å². The molecule has 1 aromatic carbocycles. The summed E-state index contributed by atoms with van der Waals surface area (Å²) in [6, 6.07) is 6.76. The Morgan fingerprint density at radius 2 is 2.07 bits per heavy atom. The summed E-state index contributed by atoms with van der Waals surface area (Å²) < 4.78 is 22.6. The molecule has 0 aromatic heterocycles. The zero-order valence-electron chi connectivity index (χ0n) is 9.02. The van der Waals surface area contributed by atoms with E-state index in [4.69, 9.17) is 4.84 Å². The van der Waals surface area contributed by atoms with Crippen LogP contribution in [0.15, 0.2) is 29.2 Å². The molecule has 0 fully saturated rings. The van der Waals surface area contributed by atoms with Gasteiger partial charge in [-0.3, -0.25) is 0 Å². The molecule has 84 valence electrons. The SMILES string of the molecule is CONC(C)c1cccc(S(C)(=O)=O)c1. The molecule has 1 unspecified atom stereocenters. The van der Waals surface area contributed by atoms with E-state index in [1.165, 1.54) is 13.4 Å². The van der Waals surface area contributed by atoms with Gasteiger partial charge < -0.3 is 4.84 Å².